The van der Waals surface area contributed by atoms with Gasteiger partial charge in [0.1, 0.15) is 17.2 Å². The summed E-state index contributed by atoms with van der Waals surface area (Å²) in [5, 5.41) is 9.87. The summed E-state index contributed by atoms with van der Waals surface area (Å²) in [6, 6.07) is 4.78. The molecule has 0 fully saturated rings. The number of hydrogen-bond acceptors (Lipinski definition) is 3. The molecule has 0 saturated carbocycles. The smallest absolute Gasteiger partial charge is 0.142 e. The maximum absolute atomic E-state index is 10.8. The minimum atomic E-state index is 0.0189. The van der Waals surface area contributed by atoms with Crippen LogP contribution >= 0.6 is 11.6 Å². The largest absolute Gasteiger partial charge is 0.506 e. The first-order valence-electron chi connectivity index (χ1n) is 4.52. The Morgan fingerprint density at radius 3 is 2.67 bits per heavy atom. The van der Waals surface area contributed by atoms with Crippen molar-refractivity contribution in [1.82, 2.24) is 0 Å². The molecule has 0 saturated heterocycles. The number of hydrogen-bond donors (Lipinski definition) is 1. The second kappa shape index (κ2) is 4.94. The van der Waals surface area contributed by atoms with Gasteiger partial charge in [0.05, 0.1) is 5.02 Å². The number of carbonyl (C=O) groups excluding carboxylic acids is 1. The Balaban J connectivity index is 3.02. The second-order valence-electron chi connectivity index (χ2n) is 3.33. The molecule has 1 aromatic carbocycles. The van der Waals surface area contributed by atoms with Crippen LogP contribution < -0.4 is 0 Å². The molecule has 0 aliphatic carbocycles. The predicted octanol–water partition coefficient (Wildman–Crippen LogP) is 3.12. The first-order chi connectivity index (χ1) is 7.00. The van der Waals surface area contributed by atoms with Gasteiger partial charge in [-0.3, -0.25) is 9.79 Å². The van der Waals surface area contributed by atoms with Gasteiger partial charge in [-0.2, -0.15) is 0 Å². The van der Waals surface area contributed by atoms with E-state index in [2.05, 4.69) is 4.99 Å². The van der Waals surface area contributed by atoms with Crippen molar-refractivity contribution in [2.75, 3.05) is 0 Å². The molecule has 0 bridgehead atoms. The molecule has 0 aliphatic rings. The molecule has 0 aliphatic heterocycles. The Kier molecular flexibility index (Phi) is 3.86. The fourth-order valence-corrected chi connectivity index (χ4v) is 1.42. The third-order valence-electron chi connectivity index (χ3n) is 1.77. The van der Waals surface area contributed by atoms with Crippen LogP contribution in [0.4, 0.5) is 5.69 Å². The lowest BCUT2D eigenvalue weighted by Crippen LogP contribution is -1.99. The predicted molar refractivity (Wildman–Crippen MR) is 61.2 cm³/mol. The second-order valence-corrected chi connectivity index (χ2v) is 3.74. The van der Waals surface area contributed by atoms with Gasteiger partial charge in [0.15, 0.2) is 0 Å². The van der Waals surface area contributed by atoms with Crippen molar-refractivity contribution in [2.24, 2.45) is 4.99 Å². The van der Waals surface area contributed by atoms with Gasteiger partial charge in [-0.05, 0) is 26.0 Å². The summed E-state index contributed by atoms with van der Waals surface area (Å²) in [4.78, 5) is 15.0. The van der Waals surface area contributed by atoms with Crippen LogP contribution in [0.2, 0.25) is 5.02 Å². The number of aliphatic imine (C=N–C) groups is 1. The van der Waals surface area contributed by atoms with Gasteiger partial charge in [-0.25, -0.2) is 0 Å². The fourth-order valence-electron chi connectivity index (χ4n) is 1.21. The molecule has 1 rings (SSSR count). The van der Waals surface area contributed by atoms with Crippen molar-refractivity contribution in [1.29, 1.82) is 0 Å². The summed E-state index contributed by atoms with van der Waals surface area (Å²) in [5.74, 6) is 0.0493. The molecule has 0 heterocycles. The minimum absolute atomic E-state index is 0.0189. The number of nitrogens with zero attached hydrogens (tertiary/aromatic N) is 1. The van der Waals surface area contributed by atoms with E-state index in [9.17, 15) is 9.90 Å². The van der Waals surface area contributed by atoms with Crippen molar-refractivity contribution in [3.8, 4) is 5.75 Å². The fraction of sp³-hybridized carbons (Fsp3) is 0.273. The topological polar surface area (TPSA) is 49.7 Å². The summed E-state index contributed by atoms with van der Waals surface area (Å²) >= 11 is 5.86. The van der Waals surface area contributed by atoms with Gasteiger partial charge < -0.3 is 5.11 Å². The first-order valence-corrected chi connectivity index (χ1v) is 4.89. The summed E-state index contributed by atoms with van der Waals surface area (Å²) in [5.41, 5.74) is 0.948. The molecule has 80 valence electrons. The molecule has 1 N–H and O–H groups in total. The van der Waals surface area contributed by atoms with E-state index in [0.717, 1.165) is 0 Å². The van der Waals surface area contributed by atoms with E-state index in [4.69, 9.17) is 11.6 Å². The summed E-state index contributed by atoms with van der Waals surface area (Å²) in [7, 11) is 0. The van der Waals surface area contributed by atoms with Gasteiger partial charge in [0, 0.05) is 12.1 Å². The molecule has 1 aromatic rings. The molecule has 0 aromatic heterocycles. The molecule has 15 heavy (non-hydrogen) atoms. The number of Topliss-reactive ketones (excluding diaryl/α,β-unsaturated/α-hetero) is 1. The lowest BCUT2D eigenvalue weighted by atomic mass is 10.2. The van der Waals surface area contributed by atoms with E-state index in [-0.39, 0.29) is 18.0 Å². The number of ketones is 1. The van der Waals surface area contributed by atoms with Gasteiger partial charge in [-0.1, -0.05) is 17.7 Å². The number of halogens is 1. The van der Waals surface area contributed by atoms with Crippen LogP contribution in [0, 0.1) is 0 Å². The molecular weight excluding hydrogens is 214 g/mol. The minimum Gasteiger partial charge on any atom is -0.506 e. The molecule has 0 spiro atoms. The Morgan fingerprint density at radius 1 is 1.47 bits per heavy atom. The number of aromatic hydroxyl groups is 1. The average molecular weight is 226 g/mol. The van der Waals surface area contributed by atoms with Crippen molar-refractivity contribution in [3.63, 3.8) is 0 Å². The van der Waals surface area contributed by atoms with E-state index >= 15 is 0 Å². The van der Waals surface area contributed by atoms with E-state index in [0.29, 0.717) is 16.4 Å². The molecule has 3 nitrogen and oxygen atoms in total. The van der Waals surface area contributed by atoms with Crippen LogP contribution in [-0.2, 0) is 4.79 Å². The highest BCUT2D eigenvalue weighted by Gasteiger charge is 2.05. The molecule has 0 atom stereocenters. The van der Waals surface area contributed by atoms with Crippen LogP contribution in [0.3, 0.4) is 0 Å². The number of carbonyl (C=O) groups is 1. The van der Waals surface area contributed by atoms with Crippen molar-refractivity contribution in [2.45, 2.75) is 20.3 Å². The number of phenolic OH excluding ortho intramolecular Hbond substituents is 1. The Hall–Kier alpha value is -1.35. The summed E-state index contributed by atoms with van der Waals surface area (Å²) in [6.07, 6.45) is 0.269. The van der Waals surface area contributed by atoms with Crippen LogP contribution in [-0.4, -0.2) is 16.6 Å². The van der Waals surface area contributed by atoms with Crippen LogP contribution in [0.25, 0.3) is 0 Å². The van der Waals surface area contributed by atoms with Crippen LogP contribution in [0.1, 0.15) is 20.3 Å². The van der Waals surface area contributed by atoms with Crippen molar-refractivity contribution in [3.05, 3.63) is 23.2 Å². The SMILES string of the molecule is CC(=O)CC(C)=Nc1c(O)cccc1Cl. The zero-order valence-corrected chi connectivity index (χ0v) is 9.38. The standard InChI is InChI=1S/C11H12ClNO2/c1-7(6-8(2)14)13-11-9(12)4-3-5-10(11)15/h3-5,15H,6H2,1-2H3. The Labute approximate surface area is 93.4 Å². The van der Waals surface area contributed by atoms with Crippen LogP contribution in [0.15, 0.2) is 23.2 Å². The van der Waals surface area contributed by atoms with E-state index in [1.54, 1.807) is 19.1 Å². The molecule has 0 radical (unpaired) electrons. The Morgan fingerprint density at radius 2 is 2.13 bits per heavy atom. The van der Waals surface area contributed by atoms with E-state index in [1.165, 1.54) is 13.0 Å². The number of rotatable bonds is 3. The van der Waals surface area contributed by atoms with Crippen molar-refractivity contribution < 1.29 is 9.90 Å². The zero-order valence-electron chi connectivity index (χ0n) is 8.62. The average Bonchev–Trinajstić information content (AvgIpc) is 2.10. The van der Waals surface area contributed by atoms with Gasteiger partial charge in [0.25, 0.3) is 0 Å². The highest BCUT2D eigenvalue weighted by Crippen LogP contribution is 2.34. The van der Waals surface area contributed by atoms with E-state index < -0.39 is 0 Å². The lowest BCUT2D eigenvalue weighted by Gasteiger charge is -2.02. The van der Waals surface area contributed by atoms with Gasteiger partial charge in [-0.15, -0.1) is 0 Å². The third-order valence-corrected chi connectivity index (χ3v) is 2.08. The van der Waals surface area contributed by atoms with Gasteiger partial charge in [0.2, 0.25) is 0 Å². The molecular formula is C11H12ClNO2. The monoisotopic (exact) mass is 225 g/mol. The Bertz CT molecular complexity index is 393. The number of phenols is 1. The molecule has 0 unspecified atom stereocenters. The summed E-state index contributed by atoms with van der Waals surface area (Å²) < 4.78 is 0. The van der Waals surface area contributed by atoms with E-state index in [1.807, 2.05) is 0 Å². The maximum Gasteiger partial charge on any atom is 0.142 e. The zero-order chi connectivity index (χ0) is 11.4. The highest BCUT2D eigenvalue weighted by atomic mass is 35.5. The van der Waals surface area contributed by atoms with Crippen molar-refractivity contribution >= 4 is 28.8 Å². The summed E-state index contributed by atoms with van der Waals surface area (Å²) in [6.45, 7) is 3.22. The number of para-hydroxylation sites is 1. The first kappa shape index (κ1) is 11.7. The molecule has 4 heteroatoms. The normalized spacial score (nSPS) is 11.5. The number of benzene rings is 1. The highest BCUT2D eigenvalue weighted by molar-refractivity contribution is 6.33. The maximum atomic E-state index is 10.8. The third kappa shape index (κ3) is 3.36. The lowest BCUT2D eigenvalue weighted by molar-refractivity contribution is -0.115. The van der Waals surface area contributed by atoms with Crippen LogP contribution in [0.5, 0.6) is 5.75 Å². The quantitative estimate of drug-likeness (QED) is 0.804. The molecule has 0 amide bonds. The van der Waals surface area contributed by atoms with Gasteiger partial charge >= 0.3 is 0 Å².